The summed E-state index contributed by atoms with van der Waals surface area (Å²) in [7, 11) is 0. The highest BCUT2D eigenvalue weighted by molar-refractivity contribution is 5.49. The summed E-state index contributed by atoms with van der Waals surface area (Å²) in [6.45, 7) is 0. The molecule has 11 heavy (non-hydrogen) atoms. The monoisotopic (exact) mass is 147 g/mol. The van der Waals surface area contributed by atoms with Gasteiger partial charge in [-0.3, -0.25) is 9.97 Å². The summed E-state index contributed by atoms with van der Waals surface area (Å²) in [6.07, 6.45) is 6.47. The normalized spacial score (nSPS) is 9.82. The average molecular weight is 147 g/mol. The second-order valence-corrected chi connectivity index (χ2v) is 1.95. The topological polar surface area (TPSA) is 67.3 Å². The first-order chi connectivity index (χ1) is 5.47. The molecule has 0 radical (unpaired) electrons. The summed E-state index contributed by atoms with van der Waals surface area (Å²) >= 11 is 0. The maximum Gasteiger partial charge on any atom is 0.132 e. The maximum atomic E-state index is 4.04. The summed E-state index contributed by atoms with van der Waals surface area (Å²) in [4.78, 5) is 7.93. The van der Waals surface area contributed by atoms with Crippen LogP contribution in [0.25, 0.3) is 11.4 Å². The van der Waals surface area contributed by atoms with Crippen molar-refractivity contribution in [2.45, 2.75) is 0 Å². The minimum atomic E-state index is 0.707. The van der Waals surface area contributed by atoms with Crippen LogP contribution >= 0.6 is 0 Å². The Kier molecular flexibility index (Phi) is 1.33. The number of rotatable bonds is 1. The molecule has 2 rings (SSSR count). The van der Waals surface area contributed by atoms with E-state index in [1.165, 1.54) is 0 Å². The highest BCUT2D eigenvalue weighted by atomic mass is 15.3. The number of H-pyrrole nitrogens is 1. The lowest BCUT2D eigenvalue weighted by Gasteiger charge is -1.89. The van der Waals surface area contributed by atoms with Crippen molar-refractivity contribution in [3.05, 3.63) is 24.8 Å². The highest BCUT2D eigenvalue weighted by Gasteiger charge is 1.99. The Bertz CT molecular complexity index is 314. The zero-order valence-corrected chi connectivity index (χ0v) is 5.60. The molecule has 5 nitrogen and oxygen atoms in total. The van der Waals surface area contributed by atoms with Gasteiger partial charge in [-0.2, -0.15) is 15.4 Å². The van der Waals surface area contributed by atoms with Crippen LogP contribution in [-0.4, -0.2) is 25.4 Å². The lowest BCUT2D eigenvalue weighted by Crippen LogP contribution is -1.83. The fraction of sp³-hybridized carbons (Fsp3) is 0. The third-order valence-electron chi connectivity index (χ3n) is 1.24. The molecule has 0 bridgehead atoms. The Balaban J connectivity index is 2.46. The lowest BCUT2D eigenvalue weighted by atomic mass is 10.3. The summed E-state index contributed by atoms with van der Waals surface area (Å²) in [5.41, 5.74) is 1.43. The SMILES string of the molecule is c1cnc(-c2cn[nH]n2)cn1. The Labute approximate surface area is 62.5 Å². The first-order valence-electron chi connectivity index (χ1n) is 3.09. The van der Waals surface area contributed by atoms with E-state index in [1.54, 1.807) is 24.8 Å². The van der Waals surface area contributed by atoms with Gasteiger partial charge in [0.1, 0.15) is 11.4 Å². The molecule has 0 aromatic carbocycles. The molecule has 0 aliphatic rings. The fourth-order valence-corrected chi connectivity index (χ4v) is 0.756. The van der Waals surface area contributed by atoms with Crippen molar-refractivity contribution in [3.8, 4) is 11.4 Å². The van der Waals surface area contributed by atoms with E-state index in [-0.39, 0.29) is 0 Å². The van der Waals surface area contributed by atoms with E-state index in [9.17, 15) is 0 Å². The third kappa shape index (κ3) is 1.07. The zero-order chi connectivity index (χ0) is 7.52. The van der Waals surface area contributed by atoms with Crippen LogP contribution in [0.15, 0.2) is 24.8 Å². The van der Waals surface area contributed by atoms with E-state index in [2.05, 4.69) is 25.4 Å². The number of aromatic nitrogens is 5. The van der Waals surface area contributed by atoms with Crippen molar-refractivity contribution in [2.24, 2.45) is 0 Å². The lowest BCUT2D eigenvalue weighted by molar-refractivity contribution is 0.940. The highest BCUT2D eigenvalue weighted by Crippen LogP contribution is 2.07. The van der Waals surface area contributed by atoms with Gasteiger partial charge in [-0.05, 0) is 0 Å². The van der Waals surface area contributed by atoms with E-state index in [0.717, 1.165) is 5.69 Å². The van der Waals surface area contributed by atoms with Gasteiger partial charge in [0.05, 0.1) is 12.4 Å². The van der Waals surface area contributed by atoms with Crippen LogP contribution in [0.2, 0.25) is 0 Å². The predicted octanol–water partition coefficient (Wildman–Crippen LogP) is 0.262. The van der Waals surface area contributed by atoms with Gasteiger partial charge in [-0.1, -0.05) is 0 Å². The molecule has 0 aliphatic heterocycles. The van der Waals surface area contributed by atoms with E-state index in [0.29, 0.717) is 5.69 Å². The molecule has 2 aromatic rings. The maximum absolute atomic E-state index is 4.04. The molecule has 0 saturated heterocycles. The summed E-state index contributed by atoms with van der Waals surface area (Å²) in [5.74, 6) is 0. The molecule has 2 heterocycles. The van der Waals surface area contributed by atoms with Crippen LogP contribution in [0.1, 0.15) is 0 Å². The van der Waals surface area contributed by atoms with Crippen molar-refractivity contribution >= 4 is 0 Å². The molecule has 1 N–H and O–H groups in total. The Morgan fingerprint density at radius 2 is 2.09 bits per heavy atom. The van der Waals surface area contributed by atoms with Gasteiger partial charge in [0.15, 0.2) is 0 Å². The van der Waals surface area contributed by atoms with Gasteiger partial charge in [0.25, 0.3) is 0 Å². The molecule has 0 spiro atoms. The predicted molar refractivity (Wildman–Crippen MR) is 37.4 cm³/mol. The van der Waals surface area contributed by atoms with Gasteiger partial charge >= 0.3 is 0 Å². The largest absolute Gasteiger partial charge is 0.261 e. The van der Waals surface area contributed by atoms with Gasteiger partial charge in [-0.25, -0.2) is 0 Å². The smallest absolute Gasteiger partial charge is 0.132 e. The number of nitrogens with zero attached hydrogens (tertiary/aromatic N) is 4. The molecule has 2 aromatic heterocycles. The molecule has 5 heteroatoms. The van der Waals surface area contributed by atoms with Gasteiger partial charge in [-0.15, -0.1) is 0 Å². The molecule has 0 unspecified atom stereocenters. The standard InChI is InChI=1S/C6H5N5/c1-2-8-5(3-7-1)6-4-9-11-10-6/h1-4H,(H,9,10,11). The molecular formula is C6H5N5. The van der Waals surface area contributed by atoms with Crippen LogP contribution in [-0.2, 0) is 0 Å². The molecule has 0 aliphatic carbocycles. The van der Waals surface area contributed by atoms with E-state index >= 15 is 0 Å². The quantitative estimate of drug-likeness (QED) is 0.628. The number of aromatic amines is 1. The average Bonchev–Trinajstić information content (AvgIpc) is 2.58. The third-order valence-corrected chi connectivity index (χ3v) is 1.24. The van der Waals surface area contributed by atoms with Gasteiger partial charge < -0.3 is 0 Å². The van der Waals surface area contributed by atoms with Crippen LogP contribution in [0.5, 0.6) is 0 Å². The molecule has 54 valence electrons. The molecule has 0 saturated carbocycles. The number of hydrogen-bond donors (Lipinski definition) is 1. The van der Waals surface area contributed by atoms with Crippen LogP contribution in [0, 0.1) is 0 Å². The van der Waals surface area contributed by atoms with Crippen molar-refractivity contribution in [1.82, 2.24) is 25.4 Å². The van der Waals surface area contributed by atoms with Crippen molar-refractivity contribution in [2.75, 3.05) is 0 Å². The van der Waals surface area contributed by atoms with Crippen molar-refractivity contribution in [3.63, 3.8) is 0 Å². The molecule has 0 fully saturated rings. The molecule has 0 amide bonds. The zero-order valence-electron chi connectivity index (χ0n) is 5.60. The second kappa shape index (κ2) is 2.45. The minimum Gasteiger partial charge on any atom is -0.261 e. The summed E-state index contributed by atoms with van der Waals surface area (Å²) < 4.78 is 0. The molecular weight excluding hydrogens is 142 g/mol. The first kappa shape index (κ1) is 5.96. The van der Waals surface area contributed by atoms with Gasteiger partial charge in [0, 0.05) is 12.4 Å². The Hall–Kier alpha value is -1.78. The van der Waals surface area contributed by atoms with Crippen LogP contribution in [0.3, 0.4) is 0 Å². The fourth-order valence-electron chi connectivity index (χ4n) is 0.756. The second-order valence-electron chi connectivity index (χ2n) is 1.95. The molecule has 0 atom stereocenters. The van der Waals surface area contributed by atoms with Crippen molar-refractivity contribution in [1.29, 1.82) is 0 Å². The van der Waals surface area contributed by atoms with Gasteiger partial charge in [0.2, 0.25) is 0 Å². The first-order valence-corrected chi connectivity index (χ1v) is 3.09. The van der Waals surface area contributed by atoms with Crippen LogP contribution < -0.4 is 0 Å². The minimum absolute atomic E-state index is 0.707. The Morgan fingerprint density at radius 1 is 1.09 bits per heavy atom. The van der Waals surface area contributed by atoms with Crippen molar-refractivity contribution < 1.29 is 0 Å². The van der Waals surface area contributed by atoms with Crippen LogP contribution in [0.4, 0.5) is 0 Å². The van der Waals surface area contributed by atoms with E-state index in [4.69, 9.17) is 0 Å². The number of hydrogen-bond acceptors (Lipinski definition) is 4. The summed E-state index contributed by atoms with van der Waals surface area (Å²) in [6, 6.07) is 0. The van der Waals surface area contributed by atoms with E-state index in [1.807, 2.05) is 0 Å². The Morgan fingerprint density at radius 3 is 2.73 bits per heavy atom. The van der Waals surface area contributed by atoms with E-state index < -0.39 is 0 Å². The number of nitrogens with one attached hydrogen (secondary N) is 1. The summed E-state index contributed by atoms with van der Waals surface area (Å²) in [5, 5.41) is 10.0.